The zero-order valence-electron chi connectivity index (χ0n) is 10.3. The van der Waals surface area contributed by atoms with E-state index >= 15 is 0 Å². The molecule has 0 spiro atoms. The molecule has 4 N–H and O–H groups in total. The Kier molecular flexibility index (Phi) is 3.62. The summed E-state index contributed by atoms with van der Waals surface area (Å²) in [5, 5.41) is 12.7. The van der Waals surface area contributed by atoms with Crippen molar-refractivity contribution in [1.29, 1.82) is 0 Å². The summed E-state index contributed by atoms with van der Waals surface area (Å²) in [6.45, 7) is 1.95. The average Bonchev–Trinajstić information content (AvgIpc) is 2.34. The van der Waals surface area contributed by atoms with Crippen LogP contribution in [-0.2, 0) is 0 Å². The maximum Gasteiger partial charge on any atom is 0.337 e. The van der Waals surface area contributed by atoms with E-state index in [9.17, 15) is 4.79 Å². The van der Waals surface area contributed by atoms with Gasteiger partial charge in [0, 0.05) is 11.4 Å². The van der Waals surface area contributed by atoms with Crippen molar-refractivity contribution in [2.45, 2.75) is 6.92 Å². The lowest BCUT2D eigenvalue weighted by molar-refractivity contribution is 0.0698. The molecule has 0 aromatic heterocycles. The standard InChI is InChI=1S/C14H13ClN2O2/c1-8-2-5-13(11(15)6-8)17-9-3-4-12(16)10(7-9)14(18)19/h2-7,17H,16H2,1H3,(H,18,19). The molecule has 2 aromatic rings. The van der Waals surface area contributed by atoms with Gasteiger partial charge in [-0.1, -0.05) is 17.7 Å². The number of hydrogen-bond acceptors (Lipinski definition) is 3. The van der Waals surface area contributed by atoms with Crippen LogP contribution >= 0.6 is 11.6 Å². The predicted octanol–water partition coefficient (Wildman–Crippen LogP) is 3.67. The number of nitrogen functional groups attached to an aromatic ring is 1. The molecule has 0 heterocycles. The molecule has 5 heteroatoms. The number of halogens is 1. The van der Waals surface area contributed by atoms with E-state index in [1.165, 1.54) is 6.07 Å². The summed E-state index contributed by atoms with van der Waals surface area (Å²) < 4.78 is 0. The molecule has 0 saturated heterocycles. The van der Waals surface area contributed by atoms with Crippen LogP contribution in [0.15, 0.2) is 36.4 Å². The lowest BCUT2D eigenvalue weighted by Crippen LogP contribution is -2.03. The van der Waals surface area contributed by atoms with Gasteiger partial charge in [-0.25, -0.2) is 4.79 Å². The lowest BCUT2D eigenvalue weighted by atomic mass is 10.1. The maximum atomic E-state index is 11.0. The Morgan fingerprint density at radius 1 is 1.26 bits per heavy atom. The number of carboxylic acids is 1. The summed E-state index contributed by atoms with van der Waals surface area (Å²) in [5.41, 5.74) is 8.29. The predicted molar refractivity (Wildman–Crippen MR) is 77.3 cm³/mol. The first-order valence-corrected chi connectivity index (χ1v) is 6.01. The van der Waals surface area contributed by atoms with Crippen molar-refractivity contribution in [3.05, 3.63) is 52.5 Å². The van der Waals surface area contributed by atoms with Gasteiger partial charge in [-0.3, -0.25) is 0 Å². The highest BCUT2D eigenvalue weighted by Gasteiger charge is 2.09. The fourth-order valence-corrected chi connectivity index (χ4v) is 1.98. The summed E-state index contributed by atoms with van der Waals surface area (Å²) in [4.78, 5) is 11.0. The second-order valence-corrected chi connectivity index (χ2v) is 4.62. The van der Waals surface area contributed by atoms with Crippen LogP contribution in [0.2, 0.25) is 5.02 Å². The largest absolute Gasteiger partial charge is 0.478 e. The van der Waals surface area contributed by atoms with Gasteiger partial charge in [-0.05, 0) is 42.8 Å². The van der Waals surface area contributed by atoms with Gasteiger partial charge in [-0.2, -0.15) is 0 Å². The van der Waals surface area contributed by atoms with Crippen molar-refractivity contribution in [3.8, 4) is 0 Å². The first-order valence-electron chi connectivity index (χ1n) is 5.63. The number of benzene rings is 2. The molecule has 0 fully saturated rings. The van der Waals surface area contributed by atoms with Crippen molar-refractivity contribution >= 4 is 34.6 Å². The van der Waals surface area contributed by atoms with E-state index in [1.807, 2.05) is 25.1 Å². The summed E-state index contributed by atoms with van der Waals surface area (Å²) >= 11 is 6.11. The SMILES string of the molecule is Cc1ccc(Nc2ccc(N)c(C(=O)O)c2)c(Cl)c1. The molecule has 0 atom stereocenters. The van der Waals surface area contributed by atoms with Gasteiger partial charge in [0.2, 0.25) is 0 Å². The Balaban J connectivity index is 2.33. The first-order chi connectivity index (χ1) is 8.97. The molecule has 0 aliphatic heterocycles. The van der Waals surface area contributed by atoms with Crippen LogP contribution < -0.4 is 11.1 Å². The third-order valence-electron chi connectivity index (χ3n) is 2.69. The quantitative estimate of drug-likeness (QED) is 0.748. The summed E-state index contributed by atoms with van der Waals surface area (Å²) in [6, 6.07) is 10.3. The van der Waals surface area contributed by atoms with Crippen molar-refractivity contribution in [2.24, 2.45) is 0 Å². The number of nitrogens with one attached hydrogen (secondary N) is 1. The van der Waals surface area contributed by atoms with Crippen LogP contribution in [0.25, 0.3) is 0 Å². The fourth-order valence-electron chi connectivity index (χ4n) is 1.70. The van der Waals surface area contributed by atoms with Gasteiger partial charge in [0.1, 0.15) is 0 Å². The molecule has 0 aliphatic rings. The Morgan fingerprint density at radius 2 is 2.00 bits per heavy atom. The molecule has 0 saturated carbocycles. The molecule has 0 bridgehead atoms. The third kappa shape index (κ3) is 2.98. The lowest BCUT2D eigenvalue weighted by Gasteiger charge is -2.10. The minimum absolute atomic E-state index is 0.0632. The molecular formula is C14H13ClN2O2. The Hall–Kier alpha value is -2.20. The number of aromatic carboxylic acids is 1. The second kappa shape index (κ2) is 5.20. The number of carbonyl (C=O) groups is 1. The highest BCUT2D eigenvalue weighted by atomic mass is 35.5. The molecule has 19 heavy (non-hydrogen) atoms. The molecule has 98 valence electrons. The normalized spacial score (nSPS) is 10.2. The average molecular weight is 277 g/mol. The van der Waals surface area contributed by atoms with Crippen molar-refractivity contribution in [3.63, 3.8) is 0 Å². The highest BCUT2D eigenvalue weighted by Crippen LogP contribution is 2.27. The van der Waals surface area contributed by atoms with Gasteiger partial charge >= 0.3 is 5.97 Å². The van der Waals surface area contributed by atoms with Gasteiger partial charge in [0.05, 0.1) is 16.3 Å². The van der Waals surface area contributed by atoms with Gasteiger partial charge in [-0.15, -0.1) is 0 Å². The number of anilines is 3. The number of carboxylic acid groups (broad SMARTS) is 1. The Morgan fingerprint density at radius 3 is 2.63 bits per heavy atom. The van der Waals surface area contributed by atoms with Gasteiger partial charge in [0.15, 0.2) is 0 Å². The maximum absolute atomic E-state index is 11.0. The van der Waals surface area contributed by atoms with Crippen LogP contribution in [0.4, 0.5) is 17.1 Å². The smallest absolute Gasteiger partial charge is 0.337 e. The van der Waals surface area contributed by atoms with Gasteiger partial charge in [0.25, 0.3) is 0 Å². The van der Waals surface area contributed by atoms with Crippen LogP contribution in [0.5, 0.6) is 0 Å². The van der Waals surface area contributed by atoms with E-state index in [4.69, 9.17) is 22.4 Å². The van der Waals surface area contributed by atoms with Crippen LogP contribution in [0.3, 0.4) is 0 Å². The zero-order chi connectivity index (χ0) is 14.0. The van der Waals surface area contributed by atoms with Crippen LogP contribution in [0.1, 0.15) is 15.9 Å². The van der Waals surface area contributed by atoms with Crippen molar-refractivity contribution in [1.82, 2.24) is 0 Å². The van der Waals surface area contributed by atoms with Gasteiger partial charge < -0.3 is 16.2 Å². The Labute approximate surface area is 115 Å². The summed E-state index contributed by atoms with van der Waals surface area (Å²) in [5.74, 6) is -1.06. The van der Waals surface area contributed by atoms with Crippen molar-refractivity contribution in [2.75, 3.05) is 11.1 Å². The fraction of sp³-hybridized carbons (Fsp3) is 0.0714. The van der Waals surface area contributed by atoms with E-state index in [-0.39, 0.29) is 11.3 Å². The molecule has 0 aliphatic carbocycles. The monoisotopic (exact) mass is 276 g/mol. The van der Waals surface area contributed by atoms with E-state index in [0.717, 1.165) is 5.56 Å². The molecule has 4 nitrogen and oxygen atoms in total. The molecule has 2 rings (SSSR count). The second-order valence-electron chi connectivity index (χ2n) is 4.22. The van der Waals surface area contributed by atoms with Crippen LogP contribution in [-0.4, -0.2) is 11.1 Å². The molecular weight excluding hydrogens is 264 g/mol. The Bertz CT molecular complexity index is 641. The minimum atomic E-state index is -1.06. The van der Waals surface area contributed by atoms with E-state index in [0.29, 0.717) is 16.4 Å². The number of nitrogens with two attached hydrogens (primary N) is 1. The topological polar surface area (TPSA) is 75.3 Å². The molecule has 0 radical (unpaired) electrons. The summed E-state index contributed by atoms with van der Waals surface area (Å²) in [6.07, 6.45) is 0. The van der Waals surface area contributed by atoms with E-state index < -0.39 is 5.97 Å². The molecule has 0 amide bonds. The molecule has 0 unspecified atom stereocenters. The third-order valence-corrected chi connectivity index (χ3v) is 3.00. The molecule has 2 aromatic carbocycles. The van der Waals surface area contributed by atoms with E-state index in [1.54, 1.807) is 12.1 Å². The minimum Gasteiger partial charge on any atom is -0.478 e. The van der Waals surface area contributed by atoms with Crippen LogP contribution in [0, 0.1) is 6.92 Å². The zero-order valence-corrected chi connectivity index (χ0v) is 11.0. The van der Waals surface area contributed by atoms with E-state index in [2.05, 4.69) is 5.32 Å². The highest BCUT2D eigenvalue weighted by molar-refractivity contribution is 6.33. The number of hydrogen-bond donors (Lipinski definition) is 3. The number of aryl methyl sites for hydroxylation is 1. The van der Waals surface area contributed by atoms with Crippen molar-refractivity contribution < 1.29 is 9.90 Å². The summed E-state index contributed by atoms with van der Waals surface area (Å²) in [7, 11) is 0. The number of rotatable bonds is 3. The first kappa shape index (κ1) is 13.2.